The van der Waals surface area contributed by atoms with Crippen molar-refractivity contribution < 1.29 is 43.7 Å². The Morgan fingerprint density at radius 2 is 1.10 bits per heavy atom. The minimum atomic E-state index is -0.974. The number of ether oxygens (including phenoxy) is 2. The standard InChI is InChI=1S/C26H40N2O5.C19H27NO3.C3H9NO/c1-18(2)20-11-13-21(14-12-20)23(29)28-22(17-19-9-7-6-8-10-19)24(30)32-16-15-27-25(31)33-26(3,4)5;1-13(2)15-8-10-16(11-9-15)18(21)20-17(19(22)23)12-14-6-4-3-5-7-14;1-4-2-3-5/h6-10,18,20-22H,11-17H2,1-5H3,(H,27,31)(H,28,29);3-7,13,15-17H,8-12H2,1-2H3,(H,20,21)(H,22,23);4-5H,2-3H2,1H3/t20?,21?,22-;15?,16?,17-;/m11./s1. The average molecular weight is 853 g/mol. The molecule has 0 spiro atoms. The molecule has 2 aromatic carbocycles. The first-order chi connectivity index (χ1) is 28.9. The number of rotatable bonds is 17. The minimum Gasteiger partial charge on any atom is -0.480 e. The predicted octanol–water partition coefficient (Wildman–Crippen LogP) is 6.70. The largest absolute Gasteiger partial charge is 0.480 e. The van der Waals surface area contributed by atoms with Gasteiger partial charge in [-0.05, 0) is 114 Å². The highest BCUT2D eigenvalue weighted by atomic mass is 16.6. The zero-order valence-electron chi connectivity index (χ0n) is 38.0. The first kappa shape index (κ1) is 52.6. The number of hydrogen-bond donors (Lipinski definition) is 6. The summed E-state index contributed by atoms with van der Waals surface area (Å²) >= 11 is 0. The van der Waals surface area contributed by atoms with E-state index in [-0.39, 0.29) is 43.4 Å². The SMILES string of the molecule is CC(C)C1CCC(C(=O)N[C@H](Cc2ccccc2)C(=O)O)CC1.CC(C)C1CCC(C(=O)N[C@H](Cc2ccccc2)C(=O)OCCNC(=O)OC(C)(C)C)CC1.CNCCO. The van der Waals surface area contributed by atoms with Crippen molar-refractivity contribution in [3.8, 4) is 0 Å². The second-order valence-electron chi connectivity index (χ2n) is 18.0. The van der Waals surface area contributed by atoms with Crippen LogP contribution in [0.2, 0.25) is 0 Å². The van der Waals surface area contributed by atoms with Gasteiger partial charge < -0.3 is 41.0 Å². The number of aliphatic carboxylic acids is 1. The number of alkyl carbamates (subject to hydrolysis) is 1. The van der Waals surface area contributed by atoms with Gasteiger partial charge in [0.1, 0.15) is 24.3 Å². The Morgan fingerprint density at radius 1 is 0.672 bits per heavy atom. The van der Waals surface area contributed by atoms with Crippen molar-refractivity contribution in [2.75, 3.05) is 33.4 Å². The second-order valence-corrected chi connectivity index (χ2v) is 18.0. The highest BCUT2D eigenvalue weighted by Gasteiger charge is 2.32. The van der Waals surface area contributed by atoms with Crippen LogP contribution in [0.5, 0.6) is 0 Å². The molecule has 4 rings (SSSR count). The lowest BCUT2D eigenvalue weighted by Gasteiger charge is -2.31. The molecule has 2 aliphatic carbocycles. The summed E-state index contributed by atoms with van der Waals surface area (Å²) in [6, 6.07) is 17.3. The summed E-state index contributed by atoms with van der Waals surface area (Å²) in [4.78, 5) is 61.3. The summed E-state index contributed by atoms with van der Waals surface area (Å²) in [5.74, 6) is 0.871. The van der Waals surface area contributed by atoms with E-state index in [2.05, 4.69) is 49.0 Å². The lowest BCUT2D eigenvalue weighted by Crippen LogP contribution is -2.47. The maximum Gasteiger partial charge on any atom is 0.407 e. The molecule has 0 unspecified atom stereocenters. The van der Waals surface area contributed by atoms with E-state index in [0.29, 0.717) is 43.1 Å². The van der Waals surface area contributed by atoms with Gasteiger partial charge in [0.2, 0.25) is 11.8 Å². The molecule has 13 nitrogen and oxygen atoms in total. The molecule has 2 aliphatic rings. The molecule has 0 heterocycles. The van der Waals surface area contributed by atoms with E-state index < -0.39 is 35.7 Å². The molecule has 0 bridgehead atoms. The molecule has 2 atom stereocenters. The molecule has 0 saturated heterocycles. The van der Waals surface area contributed by atoms with Crippen LogP contribution in [0.15, 0.2) is 60.7 Å². The van der Waals surface area contributed by atoms with Crippen molar-refractivity contribution >= 4 is 29.8 Å². The number of carbonyl (C=O) groups excluding carboxylic acids is 4. The van der Waals surface area contributed by atoms with Crippen molar-refractivity contribution in [2.24, 2.45) is 35.5 Å². The zero-order chi connectivity index (χ0) is 45.4. The minimum absolute atomic E-state index is 0.00126. The fourth-order valence-corrected chi connectivity index (χ4v) is 7.60. The number of hydrogen-bond acceptors (Lipinski definition) is 9. The van der Waals surface area contributed by atoms with Gasteiger partial charge in [0.15, 0.2) is 0 Å². The first-order valence-electron chi connectivity index (χ1n) is 22.2. The van der Waals surface area contributed by atoms with Gasteiger partial charge in [-0.3, -0.25) is 9.59 Å². The van der Waals surface area contributed by atoms with Crippen LogP contribution in [0.3, 0.4) is 0 Å². The highest BCUT2D eigenvalue weighted by Crippen LogP contribution is 2.34. The number of carboxylic acid groups (broad SMARTS) is 1. The van der Waals surface area contributed by atoms with Crippen LogP contribution in [-0.4, -0.2) is 91.1 Å². The Balaban J connectivity index is 0.000000396. The molecule has 3 amide bonds. The Hall–Kier alpha value is -4.49. The van der Waals surface area contributed by atoms with Crippen LogP contribution in [0.4, 0.5) is 4.79 Å². The van der Waals surface area contributed by atoms with E-state index in [9.17, 15) is 29.1 Å². The van der Waals surface area contributed by atoms with Gasteiger partial charge in [-0.15, -0.1) is 0 Å². The number of aliphatic hydroxyl groups is 1. The quantitative estimate of drug-likeness (QED) is 0.0737. The maximum absolute atomic E-state index is 12.9. The lowest BCUT2D eigenvalue weighted by molar-refractivity contribution is -0.148. The normalized spacial score (nSPS) is 19.7. The summed E-state index contributed by atoms with van der Waals surface area (Å²) in [5, 5.41) is 28.4. The van der Waals surface area contributed by atoms with Gasteiger partial charge in [0.05, 0.1) is 13.2 Å². The van der Waals surface area contributed by atoms with Gasteiger partial charge >= 0.3 is 18.0 Å². The molecule has 2 saturated carbocycles. The van der Waals surface area contributed by atoms with Crippen molar-refractivity contribution in [3.05, 3.63) is 71.8 Å². The molecule has 0 aromatic heterocycles. The van der Waals surface area contributed by atoms with Crippen molar-refractivity contribution in [1.29, 1.82) is 0 Å². The van der Waals surface area contributed by atoms with Crippen molar-refractivity contribution in [3.63, 3.8) is 0 Å². The number of carbonyl (C=O) groups is 5. The van der Waals surface area contributed by atoms with Crippen LogP contribution in [0.1, 0.15) is 111 Å². The summed E-state index contributed by atoms with van der Waals surface area (Å²) in [7, 11) is 1.80. The van der Waals surface area contributed by atoms with Gasteiger partial charge in [-0.25, -0.2) is 14.4 Å². The monoisotopic (exact) mass is 853 g/mol. The van der Waals surface area contributed by atoms with E-state index in [0.717, 1.165) is 62.5 Å². The summed E-state index contributed by atoms with van der Waals surface area (Å²) in [6.45, 7) is 15.3. The van der Waals surface area contributed by atoms with Crippen LogP contribution < -0.4 is 21.3 Å². The molecular weight excluding hydrogens is 777 g/mol. The van der Waals surface area contributed by atoms with Crippen LogP contribution >= 0.6 is 0 Å². The third-order valence-corrected chi connectivity index (χ3v) is 11.3. The van der Waals surface area contributed by atoms with Crippen LogP contribution in [0.25, 0.3) is 0 Å². The molecule has 13 heteroatoms. The number of nitrogens with one attached hydrogen (secondary N) is 4. The lowest BCUT2D eigenvalue weighted by atomic mass is 9.76. The van der Waals surface area contributed by atoms with E-state index >= 15 is 0 Å². The predicted molar refractivity (Wildman–Crippen MR) is 239 cm³/mol. The van der Waals surface area contributed by atoms with Gasteiger partial charge in [0.25, 0.3) is 0 Å². The summed E-state index contributed by atoms with van der Waals surface area (Å²) in [5.41, 5.74) is 1.26. The number of esters is 1. The van der Waals surface area contributed by atoms with E-state index in [1.165, 1.54) is 0 Å². The van der Waals surface area contributed by atoms with Crippen molar-refractivity contribution in [2.45, 2.75) is 130 Å². The number of benzene rings is 2. The van der Waals surface area contributed by atoms with E-state index in [1.807, 2.05) is 60.7 Å². The van der Waals surface area contributed by atoms with Crippen molar-refractivity contribution in [1.82, 2.24) is 21.3 Å². The molecule has 2 fully saturated rings. The molecular formula is C48H76N4O9. The Kier molecular flexibility index (Phi) is 24.3. The van der Waals surface area contributed by atoms with Gasteiger partial charge in [0, 0.05) is 31.2 Å². The molecule has 0 aliphatic heterocycles. The number of aliphatic hydroxyl groups excluding tert-OH is 1. The summed E-state index contributed by atoms with van der Waals surface area (Å²) in [6.07, 6.45) is 7.75. The van der Waals surface area contributed by atoms with Crippen LogP contribution in [0, 0.1) is 35.5 Å². The third kappa shape index (κ3) is 21.7. The number of amides is 3. The Morgan fingerprint density at radius 3 is 1.46 bits per heavy atom. The van der Waals surface area contributed by atoms with Gasteiger partial charge in [-0.2, -0.15) is 0 Å². The molecule has 6 N–H and O–H groups in total. The second kappa shape index (κ2) is 28.2. The molecule has 342 valence electrons. The Labute approximate surface area is 364 Å². The topological polar surface area (TPSA) is 192 Å². The van der Waals surface area contributed by atoms with Gasteiger partial charge in [-0.1, -0.05) is 88.4 Å². The fourth-order valence-electron chi connectivity index (χ4n) is 7.60. The Bertz CT molecular complexity index is 1560. The molecule has 0 radical (unpaired) electrons. The fraction of sp³-hybridized carbons (Fsp3) is 0.646. The number of likely N-dealkylation sites (N-methyl/N-ethyl adjacent to an activating group) is 1. The molecule has 61 heavy (non-hydrogen) atoms. The zero-order valence-corrected chi connectivity index (χ0v) is 38.0. The smallest absolute Gasteiger partial charge is 0.407 e. The highest BCUT2D eigenvalue weighted by molar-refractivity contribution is 5.86. The average Bonchev–Trinajstić information content (AvgIpc) is 3.22. The summed E-state index contributed by atoms with van der Waals surface area (Å²) < 4.78 is 10.5. The maximum atomic E-state index is 12.9. The number of carboxylic acids is 1. The van der Waals surface area contributed by atoms with Crippen LogP contribution in [-0.2, 0) is 41.5 Å². The van der Waals surface area contributed by atoms with E-state index in [4.69, 9.17) is 14.6 Å². The molecule has 2 aromatic rings. The van der Waals surface area contributed by atoms with E-state index in [1.54, 1.807) is 27.8 Å². The first-order valence-corrected chi connectivity index (χ1v) is 22.2. The third-order valence-electron chi connectivity index (χ3n) is 11.3.